The third-order valence-electron chi connectivity index (χ3n) is 5.65. The lowest BCUT2D eigenvalue weighted by Gasteiger charge is -2.28. The van der Waals surface area contributed by atoms with Crippen LogP contribution in [0.3, 0.4) is 0 Å². The zero-order valence-corrected chi connectivity index (χ0v) is 24.5. The van der Waals surface area contributed by atoms with Crippen molar-refractivity contribution in [1.29, 1.82) is 0 Å². The first-order chi connectivity index (χ1) is 17.4. The van der Waals surface area contributed by atoms with E-state index in [4.69, 9.17) is 4.74 Å². The first-order valence-corrected chi connectivity index (χ1v) is 15.3. The third-order valence-corrected chi connectivity index (χ3v) is 8.27. The SMILES string of the molecule is C/C=C1/NC(=O)[C@@H](CSSCCC)NC(=O)[C@@H](C(C)C)NC(=O)C[C@@H](CC)OC(=O)[C@H](C(C)C)NC1=O. The summed E-state index contributed by atoms with van der Waals surface area (Å²) in [6, 6.07) is -2.83. The summed E-state index contributed by atoms with van der Waals surface area (Å²) in [6.07, 6.45) is 1.91. The second kappa shape index (κ2) is 16.6. The van der Waals surface area contributed by atoms with Gasteiger partial charge in [0.05, 0.1) is 6.42 Å². The lowest BCUT2D eigenvalue weighted by atomic mass is 10.0. The smallest absolute Gasteiger partial charge is 0.329 e. The van der Waals surface area contributed by atoms with Crippen molar-refractivity contribution < 1.29 is 28.7 Å². The Morgan fingerprint density at radius 2 is 1.57 bits per heavy atom. The first-order valence-electron chi connectivity index (χ1n) is 12.8. The van der Waals surface area contributed by atoms with Crippen molar-refractivity contribution >= 4 is 51.2 Å². The van der Waals surface area contributed by atoms with E-state index < -0.39 is 53.8 Å². The number of amides is 4. The molecule has 4 atom stereocenters. The van der Waals surface area contributed by atoms with Gasteiger partial charge in [0.2, 0.25) is 17.7 Å². The summed E-state index contributed by atoms with van der Waals surface area (Å²) in [6.45, 7) is 12.5. The van der Waals surface area contributed by atoms with Crippen LogP contribution in [0.1, 0.15) is 67.7 Å². The van der Waals surface area contributed by atoms with Gasteiger partial charge in [-0.3, -0.25) is 19.2 Å². The Morgan fingerprint density at radius 1 is 0.919 bits per heavy atom. The topological polar surface area (TPSA) is 143 Å². The van der Waals surface area contributed by atoms with Gasteiger partial charge < -0.3 is 26.0 Å². The minimum atomic E-state index is -0.982. The van der Waals surface area contributed by atoms with Gasteiger partial charge in [-0.05, 0) is 31.6 Å². The minimum Gasteiger partial charge on any atom is -0.460 e. The van der Waals surface area contributed by atoms with Crippen LogP contribution in [0.15, 0.2) is 11.8 Å². The molecule has 1 aliphatic rings. The molecule has 0 aromatic carbocycles. The maximum absolute atomic E-state index is 13.2. The molecule has 4 amide bonds. The molecule has 0 saturated carbocycles. The van der Waals surface area contributed by atoms with Gasteiger partial charge in [-0.2, -0.15) is 0 Å². The number of carbonyl (C=O) groups excluding carboxylic acids is 5. The van der Waals surface area contributed by atoms with E-state index in [2.05, 4.69) is 21.3 Å². The van der Waals surface area contributed by atoms with Crippen LogP contribution in [-0.2, 0) is 28.7 Å². The zero-order valence-electron chi connectivity index (χ0n) is 22.8. The normalized spacial score (nSPS) is 26.0. The highest BCUT2D eigenvalue weighted by Crippen LogP contribution is 2.23. The van der Waals surface area contributed by atoms with Crippen LogP contribution >= 0.6 is 21.6 Å². The van der Waals surface area contributed by atoms with E-state index >= 15 is 0 Å². The number of ether oxygens (including phenoxy) is 1. The minimum absolute atomic E-state index is 0.0400. The molecule has 10 nitrogen and oxygen atoms in total. The molecule has 0 aromatic heterocycles. The highest BCUT2D eigenvalue weighted by atomic mass is 33.1. The molecule has 4 N–H and O–H groups in total. The quantitative estimate of drug-likeness (QED) is 0.154. The van der Waals surface area contributed by atoms with Gasteiger partial charge in [0.1, 0.15) is 29.9 Å². The highest BCUT2D eigenvalue weighted by molar-refractivity contribution is 8.76. The summed E-state index contributed by atoms with van der Waals surface area (Å²) in [5.74, 6) is -2.27. The van der Waals surface area contributed by atoms with Crippen LogP contribution in [-0.4, -0.2) is 65.3 Å². The van der Waals surface area contributed by atoms with E-state index in [9.17, 15) is 24.0 Å². The summed E-state index contributed by atoms with van der Waals surface area (Å²) in [4.78, 5) is 65.1. The van der Waals surface area contributed by atoms with Gasteiger partial charge in [0.15, 0.2) is 0 Å². The van der Waals surface area contributed by atoms with Crippen LogP contribution in [0.4, 0.5) is 0 Å². The molecular weight excluding hydrogens is 516 g/mol. The number of cyclic esters (lactones) is 1. The van der Waals surface area contributed by atoms with E-state index in [0.29, 0.717) is 6.42 Å². The van der Waals surface area contributed by atoms with Crippen LogP contribution in [0, 0.1) is 11.8 Å². The summed E-state index contributed by atoms with van der Waals surface area (Å²) < 4.78 is 5.56. The Hall–Kier alpha value is -2.21. The molecule has 1 fully saturated rings. The maximum Gasteiger partial charge on any atom is 0.329 e. The number of hydrogen-bond acceptors (Lipinski definition) is 8. The second-order valence-electron chi connectivity index (χ2n) is 9.51. The van der Waals surface area contributed by atoms with Crippen LogP contribution in [0.25, 0.3) is 0 Å². The van der Waals surface area contributed by atoms with Crippen molar-refractivity contribution in [2.24, 2.45) is 11.8 Å². The lowest BCUT2D eigenvalue weighted by Crippen LogP contribution is -2.57. The predicted molar refractivity (Wildman–Crippen MR) is 147 cm³/mol. The van der Waals surface area contributed by atoms with E-state index in [1.807, 2.05) is 6.92 Å². The van der Waals surface area contributed by atoms with Crippen molar-refractivity contribution in [2.75, 3.05) is 11.5 Å². The summed E-state index contributed by atoms with van der Waals surface area (Å²) in [7, 11) is 3.02. The Balaban J connectivity index is 3.37. The second-order valence-corrected chi connectivity index (χ2v) is 12.1. The highest BCUT2D eigenvalue weighted by Gasteiger charge is 2.33. The van der Waals surface area contributed by atoms with Crippen molar-refractivity contribution in [3.05, 3.63) is 11.8 Å². The fraction of sp³-hybridized carbons (Fsp3) is 0.720. The lowest BCUT2D eigenvalue weighted by molar-refractivity contribution is -0.155. The van der Waals surface area contributed by atoms with Gasteiger partial charge in [-0.15, -0.1) is 0 Å². The Bertz CT molecular complexity index is 849. The number of carbonyl (C=O) groups is 5. The van der Waals surface area contributed by atoms with Gasteiger partial charge >= 0.3 is 5.97 Å². The average Bonchev–Trinajstić information content (AvgIpc) is 2.84. The molecule has 0 aliphatic carbocycles. The monoisotopic (exact) mass is 558 g/mol. The molecule has 37 heavy (non-hydrogen) atoms. The molecule has 1 rings (SSSR count). The molecule has 12 heteroatoms. The van der Waals surface area contributed by atoms with Crippen LogP contribution in [0.5, 0.6) is 0 Å². The van der Waals surface area contributed by atoms with Gasteiger partial charge in [-0.25, -0.2) is 4.79 Å². The zero-order chi connectivity index (χ0) is 28.1. The summed E-state index contributed by atoms with van der Waals surface area (Å²) in [5, 5.41) is 10.7. The van der Waals surface area contributed by atoms with Gasteiger partial charge in [-0.1, -0.05) is 69.2 Å². The number of rotatable bonds is 8. The molecule has 0 spiro atoms. The molecule has 1 saturated heterocycles. The van der Waals surface area contributed by atoms with Crippen molar-refractivity contribution in [3.8, 4) is 0 Å². The largest absolute Gasteiger partial charge is 0.460 e. The van der Waals surface area contributed by atoms with Crippen LogP contribution < -0.4 is 21.3 Å². The average molecular weight is 559 g/mol. The molecule has 0 aromatic rings. The number of hydrogen-bond donors (Lipinski definition) is 4. The molecule has 210 valence electrons. The van der Waals surface area contributed by atoms with Crippen molar-refractivity contribution in [1.82, 2.24) is 21.3 Å². The molecule has 1 heterocycles. The van der Waals surface area contributed by atoms with Crippen LogP contribution in [0.2, 0.25) is 0 Å². The van der Waals surface area contributed by atoms with Gasteiger partial charge in [0.25, 0.3) is 5.91 Å². The number of nitrogens with one attached hydrogen (secondary N) is 4. The molecule has 1 aliphatic heterocycles. The van der Waals surface area contributed by atoms with E-state index in [1.54, 1.807) is 52.3 Å². The molecule has 0 radical (unpaired) electrons. The molecule has 0 bridgehead atoms. The standard InChI is InChI=1S/C25H42N4O6S2/c1-8-11-36-37-13-18-23(32)26-17(10-3)22(31)29-21(15(6)7)25(34)35-16(9-2)12-19(30)28-20(14(4)5)24(33)27-18/h10,14-16,18,20-21H,8-9,11-13H2,1-7H3,(H,26,32)(H,27,33)(H,28,30)(H,29,31)/b17-10+/t16-,18-,20-,21+/m1/s1. The van der Waals surface area contributed by atoms with E-state index in [1.165, 1.54) is 16.9 Å². The van der Waals surface area contributed by atoms with E-state index in [-0.39, 0.29) is 29.7 Å². The van der Waals surface area contributed by atoms with Crippen molar-refractivity contribution in [2.45, 2.75) is 92.0 Å². The van der Waals surface area contributed by atoms with Gasteiger partial charge in [0, 0.05) is 11.5 Å². The first kappa shape index (κ1) is 32.8. The number of esters is 1. The fourth-order valence-corrected chi connectivity index (χ4v) is 5.68. The summed E-state index contributed by atoms with van der Waals surface area (Å²) in [5.41, 5.74) is -0.0400. The summed E-state index contributed by atoms with van der Waals surface area (Å²) >= 11 is 0. The number of allylic oxidation sites excluding steroid dienone is 1. The fourth-order valence-electron chi connectivity index (χ4n) is 3.38. The van der Waals surface area contributed by atoms with Crippen molar-refractivity contribution in [3.63, 3.8) is 0 Å². The Labute approximate surface area is 228 Å². The predicted octanol–water partition coefficient (Wildman–Crippen LogP) is 2.29. The van der Waals surface area contributed by atoms with E-state index in [0.717, 1.165) is 12.2 Å². The third kappa shape index (κ3) is 11.0. The molecule has 0 unspecified atom stereocenters. The maximum atomic E-state index is 13.2. The molecular formula is C25H42N4O6S2. The Morgan fingerprint density at radius 3 is 2.11 bits per heavy atom. The Kier molecular flexibility index (Phi) is 14.7.